The number of aromatic nitrogens is 4. The van der Waals surface area contributed by atoms with E-state index in [1.54, 1.807) is 18.1 Å². The number of anilines is 1. The van der Waals surface area contributed by atoms with Crippen LogP contribution in [0.5, 0.6) is 0 Å². The second-order valence-electron chi connectivity index (χ2n) is 3.44. The van der Waals surface area contributed by atoms with Crippen LogP contribution in [0.2, 0.25) is 0 Å². The first-order chi connectivity index (χ1) is 7.76. The van der Waals surface area contributed by atoms with E-state index in [-0.39, 0.29) is 0 Å². The number of aryl methyl sites for hydroxylation is 1. The molecule has 2 heterocycles. The zero-order valence-corrected chi connectivity index (χ0v) is 10.3. The molecular formula is C10H15N5S. The van der Waals surface area contributed by atoms with Crippen molar-refractivity contribution < 1.29 is 0 Å². The van der Waals surface area contributed by atoms with Gasteiger partial charge in [0.2, 0.25) is 0 Å². The summed E-state index contributed by atoms with van der Waals surface area (Å²) in [7, 11) is 0. The van der Waals surface area contributed by atoms with E-state index < -0.39 is 0 Å². The number of nitrogens with two attached hydrogens (primary N) is 1. The summed E-state index contributed by atoms with van der Waals surface area (Å²) >= 11 is 1.63. The normalized spacial score (nSPS) is 11.1. The number of nitrogens with zero attached hydrogens (tertiary/aromatic N) is 4. The predicted molar refractivity (Wildman–Crippen MR) is 66.4 cm³/mol. The summed E-state index contributed by atoms with van der Waals surface area (Å²) in [6.07, 6.45) is 2.85. The van der Waals surface area contributed by atoms with Gasteiger partial charge in [0.15, 0.2) is 16.6 Å². The molecule has 0 unspecified atom stereocenters. The van der Waals surface area contributed by atoms with Gasteiger partial charge in [-0.25, -0.2) is 15.0 Å². The molecule has 86 valence electrons. The highest BCUT2D eigenvalue weighted by Gasteiger charge is 2.10. The Morgan fingerprint density at radius 1 is 1.38 bits per heavy atom. The second kappa shape index (κ2) is 4.69. The van der Waals surface area contributed by atoms with E-state index >= 15 is 0 Å². The number of hydrogen-bond donors (Lipinski definition) is 1. The molecule has 5 nitrogen and oxygen atoms in total. The van der Waals surface area contributed by atoms with Gasteiger partial charge in [-0.2, -0.15) is 0 Å². The van der Waals surface area contributed by atoms with Crippen molar-refractivity contribution in [1.29, 1.82) is 0 Å². The largest absolute Gasteiger partial charge is 0.382 e. The minimum Gasteiger partial charge on any atom is -0.382 e. The summed E-state index contributed by atoms with van der Waals surface area (Å²) in [5.74, 6) is 1.47. The van der Waals surface area contributed by atoms with Crippen LogP contribution in [-0.2, 0) is 6.54 Å². The van der Waals surface area contributed by atoms with Gasteiger partial charge in [-0.3, -0.25) is 0 Å². The van der Waals surface area contributed by atoms with Gasteiger partial charge in [0.25, 0.3) is 0 Å². The van der Waals surface area contributed by atoms with Crippen LogP contribution >= 0.6 is 11.8 Å². The number of imidazole rings is 1. The van der Waals surface area contributed by atoms with E-state index in [2.05, 4.69) is 28.8 Å². The molecule has 0 saturated heterocycles. The zero-order valence-electron chi connectivity index (χ0n) is 9.47. The molecule has 16 heavy (non-hydrogen) atoms. The lowest BCUT2D eigenvalue weighted by atomic mass is 10.5. The summed E-state index contributed by atoms with van der Waals surface area (Å²) in [6.45, 7) is 5.02. The van der Waals surface area contributed by atoms with Crippen LogP contribution in [0.3, 0.4) is 0 Å². The van der Waals surface area contributed by atoms with E-state index in [0.29, 0.717) is 11.3 Å². The zero-order chi connectivity index (χ0) is 11.5. The standard InChI is InChI=1S/C10H15N5S/c1-3-5-16-10-13-8(11)7-9(14-10)15(4-2)6-12-7/h6H,3-5H2,1-2H3,(H2,11,13,14). The van der Waals surface area contributed by atoms with Gasteiger partial charge >= 0.3 is 0 Å². The molecule has 0 atom stereocenters. The highest BCUT2D eigenvalue weighted by atomic mass is 32.2. The third kappa shape index (κ3) is 1.97. The summed E-state index contributed by atoms with van der Waals surface area (Å²) in [5.41, 5.74) is 7.38. The third-order valence-electron chi connectivity index (χ3n) is 2.25. The van der Waals surface area contributed by atoms with Crippen LogP contribution in [0.1, 0.15) is 20.3 Å². The van der Waals surface area contributed by atoms with E-state index in [9.17, 15) is 0 Å². The predicted octanol–water partition coefficient (Wildman–Crippen LogP) is 1.93. The number of fused-ring (bicyclic) bond motifs is 1. The molecule has 0 spiro atoms. The Hall–Kier alpha value is -1.30. The summed E-state index contributed by atoms with van der Waals surface area (Å²) in [5, 5.41) is 0.738. The average Bonchev–Trinajstić information content (AvgIpc) is 2.69. The minimum absolute atomic E-state index is 0.468. The van der Waals surface area contributed by atoms with Crippen LogP contribution in [0.25, 0.3) is 11.2 Å². The fourth-order valence-corrected chi connectivity index (χ4v) is 2.14. The highest BCUT2D eigenvalue weighted by molar-refractivity contribution is 7.99. The molecule has 0 aromatic carbocycles. The SMILES string of the molecule is CCCSc1nc(N)c2ncn(CC)c2n1. The molecule has 2 N–H and O–H groups in total. The van der Waals surface area contributed by atoms with E-state index in [4.69, 9.17) is 5.73 Å². The molecule has 6 heteroatoms. The lowest BCUT2D eigenvalue weighted by molar-refractivity contribution is 0.771. The van der Waals surface area contributed by atoms with Crippen LogP contribution in [0, 0.1) is 0 Å². The molecule has 2 aromatic heterocycles. The van der Waals surface area contributed by atoms with Gasteiger partial charge in [-0.15, -0.1) is 0 Å². The molecule has 0 radical (unpaired) electrons. The van der Waals surface area contributed by atoms with Crippen molar-refractivity contribution in [2.45, 2.75) is 32.0 Å². The van der Waals surface area contributed by atoms with Crippen molar-refractivity contribution >= 4 is 28.7 Å². The maximum Gasteiger partial charge on any atom is 0.191 e. The molecule has 0 amide bonds. The number of thioether (sulfide) groups is 1. The lowest BCUT2D eigenvalue weighted by Crippen LogP contribution is -2.00. The van der Waals surface area contributed by atoms with Crippen molar-refractivity contribution in [3.8, 4) is 0 Å². The van der Waals surface area contributed by atoms with Gasteiger partial charge in [0.1, 0.15) is 5.52 Å². The van der Waals surface area contributed by atoms with Crippen molar-refractivity contribution in [3.05, 3.63) is 6.33 Å². The molecule has 2 rings (SSSR count). The molecule has 2 aromatic rings. The van der Waals surface area contributed by atoms with Crippen LogP contribution in [-0.4, -0.2) is 25.3 Å². The summed E-state index contributed by atoms with van der Waals surface area (Å²) in [6, 6.07) is 0. The quantitative estimate of drug-likeness (QED) is 0.650. The molecule has 0 aliphatic carbocycles. The van der Waals surface area contributed by atoms with Crippen LogP contribution < -0.4 is 5.73 Å². The molecule has 0 bridgehead atoms. The first-order valence-corrected chi connectivity index (χ1v) is 6.36. The Morgan fingerprint density at radius 2 is 2.19 bits per heavy atom. The average molecular weight is 237 g/mol. The number of hydrogen-bond acceptors (Lipinski definition) is 5. The third-order valence-corrected chi connectivity index (χ3v) is 3.30. The van der Waals surface area contributed by atoms with Gasteiger partial charge in [0.05, 0.1) is 6.33 Å². The monoisotopic (exact) mass is 237 g/mol. The molecule has 0 fully saturated rings. The smallest absolute Gasteiger partial charge is 0.191 e. The Kier molecular flexibility index (Phi) is 3.28. The summed E-state index contributed by atoms with van der Waals surface area (Å²) < 4.78 is 1.98. The second-order valence-corrected chi connectivity index (χ2v) is 4.50. The summed E-state index contributed by atoms with van der Waals surface area (Å²) in [4.78, 5) is 12.9. The number of nitrogen functional groups attached to an aromatic ring is 1. The van der Waals surface area contributed by atoms with Crippen LogP contribution in [0.15, 0.2) is 11.5 Å². The van der Waals surface area contributed by atoms with Crippen LogP contribution in [0.4, 0.5) is 5.82 Å². The van der Waals surface area contributed by atoms with Crippen molar-refractivity contribution in [1.82, 2.24) is 19.5 Å². The fourth-order valence-electron chi connectivity index (χ4n) is 1.43. The highest BCUT2D eigenvalue weighted by Crippen LogP contribution is 2.21. The molecule has 0 saturated carbocycles. The van der Waals surface area contributed by atoms with E-state index in [1.807, 2.05) is 4.57 Å². The fraction of sp³-hybridized carbons (Fsp3) is 0.500. The minimum atomic E-state index is 0.468. The Labute approximate surface area is 98.5 Å². The Bertz CT molecular complexity index is 493. The Balaban J connectivity index is 2.46. The van der Waals surface area contributed by atoms with Gasteiger partial charge in [-0.1, -0.05) is 18.7 Å². The van der Waals surface area contributed by atoms with Gasteiger partial charge in [0, 0.05) is 12.3 Å². The van der Waals surface area contributed by atoms with Crippen molar-refractivity contribution in [3.63, 3.8) is 0 Å². The molecule has 0 aliphatic rings. The topological polar surface area (TPSA) is 69.6 Å². The Morgan fingerprint density at radius 3 is 2.88 bits per heavy atom. The van der Waals surface area contributed by atoms with Gasteiger partial charge in [-0.05, 0) is 13.3 Å². The molecule has 0 aliphatic heterocycles. The first kappa shape index (κ1) is 11.2. The molecular weight excluding hydrogens is 222 g/mol. The van der Waals surface area contributed by atoms with Crippen molar-refractivity contribution in [2.24, 2.45) is 0 Å². The first-order valence-electron chi connectivity index (χ1n) is 5.37. The number of rotatable bonds is 4. The van der Waals surface area contributed by atoms with Crippen molar-refractivity contribution in [2.75, 3.05) is 11.5 Å². The van der Waals surface area contributed by atoms with E-state index in [1.165, 1.54) is 0 Å². The maximum absolute atomic E-state index is 5.86. The van der Waals surface area contributed by atoms with Gasteiger partial charge < -0.3 is 10.3 Å². The lowest BCUT2D eigenvalue weighted by Gasteiger charge is -2.02. The maximum atomic E-state index is 5.86. The van der Waals surface area contributed by atoms with E-state index in [0.717, 1.165) is 29.5 Å².